The highest BCUT2D eigenvalue weighted by atomic mass is 16.5. The third-order valence-electron chi connectivity index (χ3n) is 3.78. The Morgan fingerprint density at radius 1 is 1.00 bits per heavy atom. The Balaban J connectivity index is 1.96. The third kappa shape index (κ3) is 4.65. The highest BCUT2D eigenvalue weighted by Gasteiger charge is 2.12. The van der Waals surface area contributed by atoms with Gasteiger partial charge in [0.15, 0.2) is 11.5 Å². The minimum absolute atomic E-state index is 0.0869. The van der Waals surface area contributed by atoms with Gasteiger partial charge in [0.1, 0.15) is 0 Å². The highest BCUT2D eigenvalue weighted by molar-refractivity contribution is 5.74. The first kappa shape index (κ1) is 17.7. The van der Waals surface area contributed by atoms with E-state index in [2.05, 4.69) is 5.32 Å². The molecule has 128 valence electrons. The molecule has 0 aliphatic heterocycles. The molecular weight excluding hydrogens is 304 g/mol. The van der Waals surface area contributed by atoms with Crippen LogP contribution in [0, 0.1) is 0 Å². The molecule has 0 bridgehead atoms. The summed E-state index contributed by atoms with van der Waals surface area (Å²) in [7, 11) is 3.20. The highest BCUT2D eigenvalue weighted by Crippen LogP contribution is 2.27. The van der Waals surface area contributed by atoms with E-state index in [9.17, 15) is 4.79 Å². The van der Waals surface area contributed by atoms with Gasteiger partial charge in [-0.05, 0) is 30.2 Å². The van der Waals surface area contributed by atoms with Gasteiger partial charge in [-0.2, -0.15) is 0 Å². The second kappa shape index (κ2) is 8.82. The van der Waals surface area contributed by atoms with Crippen LogP contribution in [-0.4, -0.2) is 31.7 Å². The van der Waals surface area contributed by atoms with Crippen LogP contribution < -0.4 is 14.8 Å². The molecule has 0 aliphatic carbocycles. The third-order valence-corrected chi connectivity index (χ3v) is 3.78. The molecule has 2 amide bonds. The van der Waals surface area contributed by atoms with Crippen LogP contribution in [0.25, 0.3) is 0 Å². The second-order valence-electron chi connectivity index (χ2n) is 5.35. The molecule has 2 aromatic rings. The summed E-state index contributed by atoms with van der Waals surface area (Å²) in [6.07, 6.45) is 0. The predicted octanol–water partition coefficient (Wildman–Crippen LogP) is 3.44. The zero-order valence-corrected chi connectivity index (χ0v) is 14.4. The van der Waals surface area contributed by atoms with Crippen molar-refractivity contribution >= 4 is 6.03 Å². The van der Waals surface area contributed by atoms with E-state index >= 15 is 0 Å². The standard InChI is InChI=1S/C19H24N2O3/c1-4-21(14-15-8-6-5-7-9-15)19(22)20-13-16-10-11-17(23-2)18(12-16)24-3/h5-12H,4,13-14H2,1-3H3,(H,20,22). The van der Waals surface area contributed by atoms with E-state index in [1.807, 2.05) is 55.5 Å². The van der Waals surface area contributed by atoms with Crippen LogP contribution in [-0.2, 0) is 13.1 Å². The quantitative estimate of drug-likeness (QED) is 0.847. The molecule has 0 atom stereocenters. The molecule has 2 rings (SSSR count). The zero-order valence-electron chi connectivity index (χ0n) is 14.4. The molecule has 0 radical (unpaired) electrons. The Bertz CT molecular complexity index is 659. The Morgan fingerprint density at radius 3 is 2.33 bits per heavy atom. The number of hydrogen-bond acceptors (Lipinski definition) is 3. The van der Waals surface area contributed by atoms with Crippen molar-refractivity contribution in [1.29, 1.82) is 0 Å². The molecule has 0 unspecified atom stereocenters. The SMILES string of the molecule is CCN(Cc1ccccc1)C(=O)NCc1ccc(OC)c(OC)c1. The van der Waals surface area contributed by atoms with Crippen LogP contribution in [0.3, 0.4) is 0 Å². The van der Waals surface area contributed by atoms with E-state index in [1.165, 1.54) is 0 Å². The summed E-state index contributed by atoms with van der Waals surface area (Å²) >= 11 is 0. The molecule has 24 heavy (non-hydrogen) atoms. The lowest BCUT2D eigenvalue weighted by Crippen LogP contribution is -2.39. The first-order valence-electron chi connectivity index (χ1n) is 7.95. The molecule has 0 saturated heterocycles. The van der Waals surface area contributed by atoms with E-state index in [0.29, 0.717) is 31.1 Å². The molecule has 0 spiro atoms. The number of carbonyl (C=O) groups is 1. The van der Waals surface area contributed by atoms with Crippen molar-refractivity contribution in [3.8, 4) is 11.5 Å². The second-order valence-corrected chi connectivity index (χ2v) is 5.35. The summed E-state index contributed by atoms with van der Waals surface area (Å²) in [5.74, 6) is 1.33. The lowest BCUT2D eigenvalue weighted by atomic mass is 10.2. The molecule has 0 saturated carbocycles. The lowest BCUT2D eigenvalue weighted by Gasteiger charge is -2.21. The van der Waals surface area contributed by atoms with Crippen molar-refractivity contribution in [3.63, 3.8) is 0 Å². The Hall–Kier alpha value is -2.69. The van der Waals surface area contributed by atoms with Crippen molar-refractivity contribution in [2.24, 2.45) is 0 Å². The molecule has 0 fully saturated rings. The summed E-state index contributed by atoms with van der Waals surface area (Å²) in [6.45, 7) is 3.64. The van der Waals surface area contributed by atoms with Crippen molar-refractivity contribution in [3.05, 3.63) is 59.7 Å². The average molecular weight is 328 g/mol. The Kier molecular flexibility index (Phi) is 6.49. The average Bonchev–Trinajstić information content (AvgIpc) is 2.64. The Morgan fingerprint density at radius 2 is 1.71 bits per heavy atom. The van der Waals surface area contributed by atoms with E-state index in [4.69, 9.17) is 9.47 Å². The molecule has 5 nitrogen and oxygen atoms in total. The van der Waals surface area contributed by atoms with Crippen LogP contribution in [0.5, 0.6) is 11.5 Å². The van der Waals surface area contributed by atoms with Gasteiger partial charge in [0, 0.05) is 19.6 Å². The maximum Gasteiger partial charge on any atom is 0.317 e. The number of carbonyl (C=O) groups excluding carboxylic acids is 1. The van der Waals surface area contributed by atoms with Gasteiger partial charge in [-0.25, -0.2) is 4.79 Å². The van der Waals surface area contributed by atoms with Crippen LogP contribution in [0.1, 0.15) is 18.1 Å². The summed E-state index contributed by atoms with van der Waals surface area (Å²) in [5, 5.41) is 2.95. The largest absolute Gasteiger partial charge is 0.493 e. The number of benzene rings is 2. The number of hydrogen-bond donors (Lipinski definition) is 1. The molecule has 1 N–H and O–H groups in total. The summed E-state index contributed by atoms with van der Waals surface area (Å²) in [4.78, 5) is 14.2. The zero-order chi connectivity index (χ0) is 17.4. The van der Waals surface area contributed by atoms with E-state index in [1.54, 1.807) is 19.1 Å². The predicted molar refractivity (Wildman–Crippen MR) is 94.3 cm³/mol. The number of ether oxygens (including phenoxy) is 2. The van der Waals surface area contributed by atoms with Crippen LogP contribution in [0.4, 0.5) is 4.79 Å². The number of rotatable bonds is 7. The number of amides is 2. The fraction of sp³-hybridized carbons (Fsp3) is 0.316. The van der Waals surface area contributed by atoms with Crippen molar-refractivity contribution in [2.75, 3.05) is 20.8 Å². The first-order valence-corrected chi connectivity index (χ1v) is 7.95. The minimum Gasteiger partial charge on any atom is -0.493 e. The Labute approximate surface area is 143 Å². The number of nitrogens with one attached hydrogen (secondary N) is 1. The fourth-order valence-corrected chi connectivity index (χ4v) is 2.41. The molecule has 5 heteroatoms. The van der Waals surface area contributed by atoms with Gasteiger partial charge in [0.25, 0.3) is 0 Å². The van der Waals surface area contributed by atoms with Crippen molar-refractivity contribution in [1.82, 2.24) is 10.2 Å². The van der Waals surface area contributed by atoms with Crippen LogP contribution in [0.15, 0.2) is 48.5 Å². The number of methoxy groups -OCH3 is 2. The maximum atomic E-state index is 12.4. The van der Waals surface area contributed by atoms with Gasteiger partial charge in [0.05, 0.1) is 14.2 Å². The summed E-state index contributed by atoms with van der Waals surface area (Å²) < 4.78 is 10.5. The smallest absolute Gasteiger partial charge is 0.317 e. The van der Waals surface area contributed by atoms with E-state index < -0.39 is 0 Å². The van der Waals surface area contributed by atoms with Gasteiger partial charge in [-0.3, -0.25) is 0 Å². The van der Waals surface area contributed by atoms with E-state index in [-0.39, 0.29) is 6.03 Å². The van der Waals surface area contributed by atoms with Crippen molar-refractivity contribution in [2.45, 2.75) is 20.0 Å². The van der Waals surface area contributed by atoms with Gasteiger partial charge in [-0.15, -0.1) is 0 Å². The minimum atomic E-state index is -0.0869. The first-order chi connectivity index (χ1) is 11.7. The van der Waals surface area contributed by atoms with Gasteiger partial charge in [0.2, 0.25) is 0 Å². The monoisotopic (exact) mass is 328 g/mol. The maximum absolute atomic E-state index is 12.4. The van der Waals surface area contributed by atoms with Crippen LogP contribution in [0.2, 0.25) is 0 Å². The molecule has 0 aliphatic rings. The van der Waals surface area contributed by atoms with Gasteiger partial charge < -0.3 is 19.7 Å². The molecule has 0 aromatic heterocycles. The normalized spacial score (nSPS) is 10.1. The van der Waals surface area contributed by atoms with Crippen LogP contribution >= 0.6 is 0 Å². The molecule has 0 heterocycles. The fourth-order valence-electron chi connectivity index (χ4n) is 2.41. The van der Waals surface area contributed by atoms with Gasteiger partial charge >= 0.3 is 6.03 Å². The van der Waals surface area contributed by atoms with Gasteiger partial charge in [-0.1, -0.05) is 36.4 Å². The molecular formula is C19H24N2O3. The lowest BCUT2D eigenvalue weighted by molar-refractivity contribution is 0.197. The number of urea groups is 1. The molecule has 2 aromatic carbocycles. The summed E-state index contributed by atoms with van der Waals surface area (Å²) in [6, 6.07) is 15.5. The topological polar surface area (TPSA) is 50.8 Å². The summed E-state index contributed by atoms with van der Waals surface area (Å²) in [5.41, 5.74) is 2.07. The van der Waals surface area contributed by atoms with Crippen molar-refractivity contribution < 1.29 is 14.3 Å². The van der Waals surface area contributed by atoms with E-state index in [0.717, 1.165) is 11.1 Å². The number of nitrogens with zero attached hydrogens (tertiary/aromatic N) is 1.